The third kappa shape index (κ3) is 7.35. The van der Waals surface area contributed by atoms with Crippen LogP contribution in [-0.4, -0.2) is 84.2 Å². The fourth-order valence-electron chi connectivity index (χ4n) is 4.32. The maximum atomic E-state index is 13.4. The Bertz CT molecular complexity index is 1630. The number of halogens is 1. The first kappa shape index (κ1) is 33.6. The number of rotatable bonds is 14. The van der Waals surface area contributed by atoms with Crippen molar-refractivity contribution in [3.05, 3.63) is 46.0 Å². The van der Waals surface area contributed by atoms with Crippen LogP contribution in [0.2, 0.25) is 4.34 Å². The highest BCUT2D eigenvalue weighted by Gasteiger charge is 2.54. The summed E-state index contributed by atoms with van der Waals surface area (Å²) < 4.78 is 1.76. The highest BCUT2D eigenvalue weighted by Crippen LogP contribution is 2.45. The van der Waals surface area contributed by atoms with Gasteiger partial charge in [0.25, 0.3) is 12.1 Å². The molecule has 0 saturated carbocycles. The molecule has 0 bridgehead atoms. The average Bonchev–Trinajstić information content (AvgIpc) is 3.32. The minimum absolute atomic E-state index is 0.0217. The Morgan fingerprint density at radius 1 is 1.33 bits per heavy atom. The third-order valence-electron chi connectivity index (χ3n) is 6.70. The molecule has 4 rings (SSSR count). The number of aliphatic carboxylic acids is 2. The number of thiazole rings is 1. The molecule has 0 spiro atoms. The minimum Gasteiger partial charge on any atom is -0.478 e. The predicted molar refractivity (Wildman–Crippen MR) is 167 cm³/mol. The number of Topliss-reactive ketones (excluding diaryl/α,β-unsaturated/α-hetero) is 1. The van der Waals surface area contributed by atoms with E-state index in [9.17, 15) is 29.4 Å². The van der Waals surface area contributed by atoms with Crippen LogP contribution in [0, 0.1) is 5.92 Å². The molecule has 9 N–H and O–H groups in total. The predicted octanol–water partition coefficient (Wildman–Crippen LogP) is 0.684. The molecule has 1 unspecified atom stereocenters. The summed E-state index contributed by atoms with van der Waals surface area (Å²) >= 11 is 8.38. The summed E-state index contributed by atoms with van der Waals surface area (Å²) in [6.07, 6.45) is 6.27. The molecule has 2 aliphatic rings. The van der Waals surface area contributed by atoms with Crippen LogP contribution >= 0.6 is 34.7 Å². The molecule has 2 atom stereocenters. The number of carbonyl (C=O) groups is 4. The van der Waals surface area contributed by atoms with Crippen molar-refractivity contribution in [1.29, 1.82) is 0 Å². The van der Waals surface area contributed by atoms with Gasteiger partial charge in [-0.3, -0.25) is 14.5 Å². The van der Waals surface area contributed by atoms with E-state index in [2.05, 4.69) is 20.4 Å². The van der Waals surface area contributed by atoms with Gasteiger partial charge in [0.05, 0.1) is 11.3 Å². The molecule has 16 nitrogen and oxygen atoms in total. The Kier molecular flexibility index (Phi) is 10.3. The first-order valence-corrected chi connectivity index (χ1v) is 15.6. The van der Waals surface area contributed by atoms with Crippen molar-refractivity contribution < 1.29 is 38.8 Å². The monoisotopic (exact) mass is 680 g/mol. The molecule has 240 valence electrons. The van der Waals surface area contributed by atoms with Crippen molar-refractivity contribution in [3.63, 3.8) is 0 Å². The summed E-state index contributed by atoms with van der Waals surface area (Å²) in [5.41, 5.74) is 15.7. The van der Waals surface area contributed by atoms with Gasteiger partial charge in [0.1, 0.15) is 34.2 Å². The topological polar surface area (TPSA) is 253 Å². The van der Waals surface area contributed by atoms with E-state index in [1.165, 1.54) is 31.9 Å². The number of carboxylic acid groups (broad SMARTS) is 2. The number of aromatic nitrogens is 3. The van der Waals surface area contributed by atoms with Gasteiger partial charge in [-0.05, 0) is 30.5 Å². The number of amides is 1. The van der Waals surface area contributed by atoms with Crippen molar-refractivity contribution in [1.82, 2.24) is 14.9 Å². The van der Waals surface area contributed by atoms with E-state index in [4.69, 9.17) is 33.6 Å². The van der Waals surface area contributed by atoms with Crippen molar-refractivity contribution in [2.45, 2.75) is 37.8 Å². The zero-order valence-electron chi connectivity index (χ0n) is 24.1. The number of nitrogen functional groups attached to an aromatic ring is 2. The van der Waals surface area contributed by atoms with E-state index in [1.54, 1.807) is 22.9 Å². The maximum Gasteiger partial charge on any atom is 0.352 e. The lowest BCUT2D eigenvalue weighted by Crippen LogP contribution is -2.62. The van der Waals surface area contributed by atoms with Crippen molar-refractivity contribution in [2.24, 2.45) is 16.8 Å². The van der Waals surface area contributed by atoms with Crippen molar-refractivity contribution in [2.75, 3.05) is 35.6 Å². The lowest BCUT2D eigenvalue weighted by molar-refractivity contribution is -0.689. The molecule has 2 aliphatic heterocycles. The second kappa shape index (κ2) is 13.8. The third-order valence-corrected chi connectivity index (χ3v) is 9.14. The number of hydrogen-bond acceptors (Lipinski definition) is 14. The minimum atomic E-state index is -1.79. The van der Waals surface area contributed by atoms with E-state index in [1.807, 2.05) is 0 Å². The molecule has 1 saturated heterocycles. The molecule has 0 radical (unpaired) electrons. The highest BCUT2D eigenvalue weighted by atomic mass is 35.5. The standard InChI is InChI=1S/C26H30ClN9O7S2/c1-26(2,24(41)42)43-34-16(17-19(27)45-25(30)33-17)15(37)8-13-21(38)36-18(23(39)40)12(10-44-22(13)36)4-3-7-35-9-14(31-6-5-28)20(29)32-11-35/h3-4,9,11,13,22,29,31H,5-8,10,28H2,1-2H3,(H4,30,33,39,40,41,42)/p+1/b4-3+,34-16+/t13-,22?/m1/s1. The molecule has 1 fully saturated rings. The average molecular weight is 681 g/mol. The van der Waals surface area contributed by atoms with Crippen LogP contribution in [0.15, 0.2) is 41.1 Å². The fraction of sp³-hybridized carbons (Fsp3) is 0.385. The Balaban J connectivity index is 1.52. The van der Waals surface area contributed by atoms with Crippen molar-refractivity contribution in [3.8, 4) is 0 Å². The summed E-state index contributed by atoms with van der Waals surface area (Å²) in [6.45, 7) is 3.73. The van der Waals surface area contributed by atoms with E-state index >= 15 is 0 Å². The Hall–Kier alpha value is -4.26. The lowest BCUT2D eigenvalue weighted by atomic mass is 9.89. The summed E-state index contributed by atoms with van der Waals surface area (Å²) in [6, 6.07) is 0. The number of allylic oxidation sites excluding steroid dienone is 2. The Morgan fingerprint density at radius 3 is 2.69 bits per heavy atom. The number of fused-ring (bicyclic) bond motifs is 1. The number of ketones is 1. The van der Waals surface area contributed by atoms with Crippen LogP contribution in [0.3, 0.4) is 0 Å². The number of β-lactam (4-membered cyclic amide) rings is 1. The number of carbonyl (C=O) groups excluding carboxylic acids is 2. The molecule has 0 aliphatic carbocycles. The highest BCUT2D eigenvalue weighted by molar-refractivity contribution is 8.00. The second-order valence-corrected chi connectivity index (χ2v) is 13.1. The number of carboxylic acids is 2. The first-order chi connectivity index (χ1) is 21.2. The zero-order chi connectivity index (χ0) is 33.1. The summed E-state index contributed by atoms with van der Waals surface area (Å²) in [7, 11) is 0. The van der Waals surface area contributed by atoms with E-state index in [0.717, 1.165) is 16.2 Å². The van der Waals surface area contributed by atoms with Gasteiger partial charge in [-0.15, -0.1) is 11.8 Å². The quantitative estimate of drug-likeness (QED) is 0.0695. The molecule has 2 aromatic rings. The largest absolute Gasteiger partial charge is 0.478 e. The molecule has 4 heterocycles. The zero-order valence-corrected chi connectivity index (χ0v) is 26.5. The number of oxime groups is 1. The van der Waals surface area contributed by atoms with Crippen LogP contribution in [0.4, 0.5) is 16.6 Å². The van der Waals surface area contributed by atoms with Gasteiger partial charge >= 0.3 is 11.9 Å². The van der Waals surface area contributed by atoms with Crippen LogP contribution in [0.5, 0.6) is 0 Å². The summed E-state index contributed by atoms with van der Waals surface area (Å²) in [5, 5.41) is 25.6. The van der Waals surface area contributed by atoms with Gasteiger partial charge in [-0.1, -0.05) is 34.2 Å². The molecular weight excluding hydrogens is 650 g/mol. The van der Waals surface area contributed by atoms with Crippen LogP contribution in [0.1, 0.15) is 26.0 Å². The van der Waals surface area contributed by atoms with Gasteiger partial charge in [0, 0.05) is 25.3 Å². The Morgan fingerprint density at radius 2 is 2.07 bits per heavy atom. The molecule has 0 aromatic carbocycles. The summed E-state index contributed by atoms with van der Waals surface area (Å²) in [5.74, 6) is -4.20. The Labute approximate surface area is 269 Å². The lowest BCUT2D eigenvalue weighted by Gasteiger charge is -2.49. The van der Waals surface area contributed by atoms with E-state index in [-0.39, 0.29) is 33.0 Å². The van der Waals surface area contributed by atoms with Gasteiger partial charge in [-0.25, -0.2) is 19.1 Å². The van der Waals surface area contributed by atoms with Crippen LogP contribution in [0.25, 0.3) is 0 Å². The maximum absolute atomic E-state index is 13.4. The smallest absolute Gasteiger partial charge is 0.352 e. The number of nitrogens with zero attached hydrogens (tertiary/aromatic N) is 5. The fourth-order valence-corrected chi connectivity index (χ4v) is 6.64. The molecule has 19 heteroatoms. The van der Waals surface area contributed by atoms with Gasteiger partial charge < -0.3 is 37.6 Å². The molecule has 45 heavy (non-hydrogen) atoms. The van der Waals surface area contributed by atoms with Gasteiger partial charge in [0.2, 0.25) is 11.5 Å². The SMILES string of the molecule is CC(C)(O/N=C(\C(=O)C[C@@H]1C(=O)N2C(C(=O)O)=C(/C=C/C[n+]3cnc(N)c(NCCN)c3)CSC12)c1nc(N)sc1Cl)C(=O)O. The molecule has 2 aromatic heterocycles. The number of nitrogens with one attached hydrogen (secondary N) is 1. The van der Waals surface area contributed by atoms with Crippen LogP contribution < -0.4 is 27.1 Å². The number of anilines is 3. The molecule has 1 amide bonds. The van der Waals surface area contributed by atoms with E-state index < -0.39 is 46.2 Å². The second-order valence-electron chi connectivity index (χ2n) is 10.3. The first-order valence-electron chi connectivity index (χ1n) is 13.4. The summed E-state index contributed by atoms with van der Waals surface area (Å²) in [4.78, 5) is 64.9. The molecular formula is C26H31ClN9O7S2+. The number of hydrogen-bond donors (Lipinski definition) is 6. The van der Waals surface area contributed by atoms with E-state index in [0.29, 0.717) is 36.7 Å². The van der Waals surface area contributed by atoms with Crippen molar-refractivity contribution >= 4 is 80.7 Å². The number of thioether (sulfide) groups is 1. The van der Waals surface area contributed by atoms with Gasteiger partial charge in [-0.2, -0.15) is 0 Å². The van der Waals surface area contributed by atoms with Crippen LogP contribution in [-0.2, 0) is 30.6 Å². The normalized spacial score (nSPS) is 18.5. The number of nitrogens with two attached hydrogens (primary N) is 3. The van der Waals surface area contributed by atoms with Gasteiger partial charge in [0.15, 0.2) is 16.6 Å².